The van der Waals surface area contributed by atoms with Gasteiger partial charge < -0.3 is 5.11 Å². The van der Waals surface area contributed by atoms with Crippen molar-refractivity contribution in [2.24, 2.45) is 0 Å². The van der Waals surface area contributed by atoms with Gasteiger partial charge in [0, 0.05) is 17.6 Å². The quantitative estimate of drug-likeness (QED) is 0.275. The Morgan fingerprint density at radius 2 is 1.61 bits per heavy atom. The summed E-state index contributed by atoms with van der Waals surface area (Å²) in [7, 11) is 0. The van der Waals surface area contributed by atoms with Crippen LogP contribution in [0.5, 0.6) is 0 Å². The van der Waals surface area contributed by atoms with Gasteiger partial charge in [0.05, 0.1) is 22.0 Å². The average molecular weight is 473 g/mol. The molecule has 0 aliphatic rings. The molecule has 0 unspecified atom stereocenters. The summed E-state index contributed by atoms with van der Waals surface area (Å²) in [4.78, 5) is 26.1. The highest BCUT2D eigenvalue weighted by molar-refractivity contribution is 7.12. The van der Waals surface area contributed by atoms with Crippen LogP contribution in [0.4, 0.5) is 0 Å². The number of nitrogens with zero attached hydrogens (tertiary/aromatic N) is 4. The molecule has 3 aromatic carbocycles. The summed E-state index contributed by atoms with van der Waals surface area (Å²) in [5.74, 6) is -1.50. The number of aliphatic carboxylic acids is 1. The summed E-state index contributed by atoms with van der Waals surface area (Å²) in [6, 6.07) is 17.8. The van der Waals surface area contributed by atoms with Crippen LogP contribution in [0.25, 0.3) is 26.8 Å². The number of hydrogen-bond donors (Lipinski definition) is 1. The van der Waals surface area contributed by atoms with E-state index < -0.39 is 5.97 Å². The zero-order valence-corrected chi connectivity index (χ0v) is 19.0. The molecule has 7 nitrogen and oxygen atoms in total. The van der Waals surface area contributed by atoms with Gasteiger partial charge in [0.15, 0.2) is 5.78 Å². The van der Waals surface area contributed by atoms with Crippen LogP contribution < -0.4 is 0 Å². The number of carbonyl (C=O) groups excluding carboxylic acids is 1. The van der Waals surface area contributed by atoms with Crippen molar-refractivity contribution >= 4 is 61.8 Å². The molecule has 0 saturated carbocycles. The Balaban J connectivity index is 1.69. The van der Waals surface area contributed by atoms with Crippen molar-refractivity contribution in [3.8, 4) is 0 Å². The molecular formula is C24H16N4O3S2. The van der Waals surface area contributed by atoms with E-state index in [-0.39, 0.29) is 23.4 Å². The summed E-state index contributed by atoms with van der Waals surface area (Å²) in [6.07, 6.45) is 0.148. The van der Waals surface area contributed by atoms with Gasteiger partial charge in [-0.15, -0.1) is 5.10 Å². The number of carbonyl (C=O) groups is 2. The van der Waals surface area contributed by atoms with Crippen LogP contribution in [0.15, 0.2) is 66.2 Å². The maximum Gasteiger partial charge on any atom is 0.336 e. The number of hydrogen-bond acceptors (Lipinski definition) is 8. The number of aryl methyl sites for hydroxylation is 1. The SMILES string of the molecule is Cc1ccc(C(=O)C(Cc2ccc3nnsc3c2)=C(C(=O)O)c2ccc3nsnc3c2)cc1. The Bertz CT molecular complexity index is 1550. The smallest absolute Gasteiger partial charge is 0.336 e. The van der Waals surface area contributed by atoms with Gasteiger partial charge in [-0.2, -0.15) is 8.75 Å². The molecule has 0 bridgehead atoms. The Kier molecular flexibility index (Phi) is 5.49. The number of carboxylic acid groups (broad SMARTS) is 1. The zero-order chi connectivity index (χ0) is 22.9. The van der Waals surface area contributed by atoms with Crippen molar-refractivity contribution in [2.45, 2.75) is 13.3 Å². The fourth-order valence-electron chi connectivity index (χ4n) is 3.66. The number of Topliss-reactive ketones (excluding diaryl/α,β-unsaturated/α-hetero) is 1. The van der Waals surface area contributed by atoms with Crippen LogP contribution in [0.3, 0.4) is 0 Å². The number of benzene rings is 3. The normalized spacial score (nSPS) is 12.2. The second-order valence-electron chi connectivity index (χ2n) is 7.57. The highest BCUT2D eigenvalue weighted by atomic mass is 32.1. The molecule has 0 spiro atoms. The number of ketones is 1. The van der Waals surface area contributed by atoms with Crippen LogP contribution in [0.1, 0.15) is 27.0 Å². The molecule has 5 rings (SSSR count). The third-order valence-electron chi connectivity index (χ3n) is 5.34. The average Bonchev–Trinajstić information content (AvgIpc) is 3.47. The molecule has 33 heavy (non-hydrogen) atoms. The number of carboxylic acids is 1. The van der Waals surface area contributed by atoms with Crippen molar-refractivity contribution in [2.75, 3.05) is 0 Å². The highest BCUT2D eigenvalue weighted by Gasteiger charge is 2.24. The molecule has 9 heteroatoms. The maximum atomic E-state index is 13.6. The van der Waals surface area contributed by atoms with E-state index in [1.807, 2.05) is 37.3 Å². The van der Waals surface area contributed by atoms with Gasteiger partial charge in [0.2, 0.25) is 0 Å². The van der Waals surface area contributed by atoms with Crippen molar-refractivity contribution < 1.29 is 14.7 Å². The molecule has 0 atom stereocenters. The lowest BCUT2D eigenvalue weighted by Gasteiger charge is -2.13. The zero-order valence-electron chi connectivity index (χ0n) is 17.3. The van der Waals surface area contributed by atoms with Crippen LogP contribution in [-0.2, 0) is 11.2 Å². The highest BCUT2D eigenvalue weighted by Crippen LogP contribution is 2.29. The molecule has 2 aromatic heterocycles. The third kappa shape index (κ3) is 4.15. The van der Waals surface area contributed by atoms with Gasteiger partial charge in [-0.3, -0.25) is 4.79 Å². The van der Waals surface area contributed by atoms with Crippen molar-refractivity contribution in [1.29, 1.82) is 0 Å². The molecule has 0 fully saturated rings. The lowest BCUT2D eigenvalue weighted by molar-refractivity contribution is -0.130. The summed E-state index contributed by atoms with van der Waals surface area (Å²) >= 11 is 2.31. The molecule has 0 aliphatic heterocycles. The second kappa shape index (κ2) is 8.61. The van der Waals surface area contributed by atoms with Crippen LogP contribution >= 0.6 is 23.3 Å². The first kappa shape index (κ1) is 21.0. The molecule has 0 aliphatic carbocycles. The lowest BCUT2D eigenvalue weighted by atomic mass is 9.89. The molecule has 0 saturated heterocycles. The first-order valence-corrected chi connectivity index (χ1v) is 11.5. The minimum absolute atomic E-state index is 0.0435. The Morgan fingerprint density at radius 1 is 0.879 bits per heavy atom. The van der Waals surface area contributed by atoms with Crippen LogP contribution in [-0.4, -0.2) is 35.2 Å². The molecule has 0 radical (unpaired) electrons. The van der Waals surface area contributed by atoms with Gasteiger partial charge in [0.1, 0.15) is 16.6 Å². The van der Waals surface area contributed by atoms with E-state index in [0.717, 1.165) is 33.1 Å². The summed E-state index contributed by atoms with van der Waals surface area (Å²) in [6.45, 7) is 1.93. The molecule has 5 aromatic rings. The third-order valence-corrected chi connectivity index (χ3v) is 6.58. The minimum Gasteiger partial charge on any atom is -0.478 e. The first-order chi connectivity index (χ1) is 16.0. The van der Waals surface area contributed by atoms with Gasteiger partial charge in [-0.25, -0.2) is 4.79 Å². The second-order valence-corrected chi connectivity index (χ2v) is 8.89. The monoisotopic (exact) mass is 472 g/mol. The Morgan fingerprint density at radius 3 is 2.39 bits per heavy atom. The van der Waals surface area contributed by atoms with Gasteiger partial charge in [-0.05, 0) is 53.8 Å². The maximum absolute atomic E-state index is 13.6. The molecule has 162 valence electrons. The number of aromatic nitrogens is 4. The number of fused-ring (bicyclic) bond motifs is 2. The number of allylic oxidation sites excluding steroid dienone is 1. The first-order valence-electron chi connectivity index (χ1n) is 10.0. The van der Waals surface area contributed by atoms with E-state index in [1.165, 1.54) is 11.5 Å². The predicted octanol–water partition coefficient (Wildman–Crippen LogP) is 4.97. The van der Waals surface area contributed by atoms with Crippen LogP contribution in [0.2, 0.25) is 0 Å². The summed E-state index contributed by atoms with van der Waals surface area (Å²) < 4.78 is 13.2. The van der Waals surface area contributed by atoms with E-state index in [9.17, 15) is 14.7 Å². The van der Waals surface area contributed by atoms with Crippen LogP contribution in [0, 0.1) is 6.92 Å². The summed E-state index contributed by atoms with van der Waals surface area (Å²) in [5.41, 5.74) is 4.87. The van der Waals surface area contributed by atoms with Gasteiger partial charge in [0.25, 0.3) is 0 Å². The number of rotatable bonds is 6. The fraction of sp³-hybridized carbons (Fsp3) is 0.0833. The molecule has 2 heterocycles. The summed E-state index contributed by atoms with van der Waals surface area (Å²) in [5, 5.41) is 14.3. The molecule has 0 amide bonds. The van der Waals surface area contributed by atoms with Gasteiger partial charge in [-0.1, -0.05) is 46.4 Å². The Hall–Kier alpha value is -3.82. The van der Waals surface area contributed by atoms with Crippen molar-refractivity contribution in [3.05, 3.63) is 88.5 Å². The molecule has 1 N–H and O–H groups in total. The van der Waals surface area contributed by atoms with E-state index in [0.29, 0.717) is 22.2 Å². The van der Waals surface area contributed by atoms with Gasteiger partial charge >= 0.3 is 5.97 Å². The topological polar surface area (TPSA) is 106 Å². The van der Waals surface area contributed by atoms with E-state index >= 15 is 0 Å². The largest absolute Gasteiger partial charge is 0.478 e. The Labute approximate surface area is 196 Å². The van der Waals surface area contributed by atoms with Crippen molar-refractivity contribution in [3.63, 3.8) is 0 Å². The predicted molar refractivity (Wildman–Crippen MR) is 129 cm³/mol. The van der Waals surface area contributed by atoms with E-state index in [4.69, 9.17) is 0 Å². The van der Waals surface area contributed by atoms with Crippen molar-refractivity contribution in [1.82, 2.24) is 18.3 Å². The molecular weight excluding hydrogens is 456 g/mol. The minimum atomic E-state index is -1.17. The van der Waals surface area contributed by atoms with E-state index in [1.54, 1.807) is 30.3 Å². The fourth-order valence-corrected chi connectivity index (χ4v) is 4.80. The standard InChI is InChI=1S/C24H16N4O3S2/c1-13-2-5-15(6-3-13)23(29)17(10-14-4-8-19-21(11-14)32-28-25-19)22(24(30)31)16-7-9-18-20(12-16)27-33-26-18/h2-9,11-12H,10H2,1H3,(H,30,31). The van der Waals surface area contributed by atoms with E-state index in [2.05, 4.69) is 18.3 Å². The lowest BCUT2D eigenvalue weighted by Crippen LogP contribution is -2.14.